The first-order chi connectivity index (χ1) is 16.6. The lowest BCUT2D eigenvalue weighted by Crippen LogP contribution is -2.19. The molecule has 3 aromatic carbocycles. The normalized spacial score (nSPS) is 15.4. The van der Waals surface area contributed by atoms with Gasteiger partial charge in [-0.1, -0.05) is 41.9 Å². The number of benzene rings is 3. The molecular weight excluding hydrogens is 472 g/mol. The van der Waals surface area contributed by atoms with Crippen molar-refractivity contribution in [3.05, 3.63) is 87.8 Å². The van der Waals surface area contributed by atoms with E-state index in [1.165, 1.54) is 11.8 Å². The summed E-state index contributed by atoms with van der Waals surface area (Å²) in [7, 11) is 1.61. The molecule has 174 valence electrons. The highest BCUT2D eigenvalue weighted by Crippen LogP contribution is 2.39. The van der Waals surface area contributed by atoms with Gasteiger partial charge in [0.2, 0.25) is 0 Å². The number of carbonyl (C=O) groups is 1. The molecule has 1 N–H and O–H groups in total. The van der Waals surface area contributed by atoms with E-state index in [4.69, 9.17) is 25.8 Å². The van der Waals surface area contributed by atoms with E-state index in [1.54, 1.807) is 19.3 Å². The van der Waals surface area contributed by atoms with Crippen molar-refractivity contribution in [2.24, 2.45) is 4.99 Å². The number of hydrogen-bond acceptors (Lipinski definition) is 6. The molecule has 1 aliphatic heterocycles. The van der Waals surface area contributed by atoms with E-state index in [9.17, 15) is 4.79 Å². The van der Waals surface area contributed by atoms with Crippen molar-refractivity contribution in [3.63, 3.8) is 0 Å². The molecule has 1 aliphatic rings. The second-order valence-corrected chi connectivity index (χ2v) is 8.65. The zero-order chi connectivity index (χ0) is 23.9. The van der Waals surface area contributed by atoms with Gasteiger partial charge in [-0.15, -0.1) is 0 Å². The first kappa shape index (κ1) is 23.7. The molecule has 0 aliphatic carbocycles. The van der Waals surface area contributed by atoms with Gasteiger partial charge in [-0.25, -0.2) is 4.99 Å². The fourth-order valence-electron chi connectivity index (χ4n) is 3.21. The van der Waals surface area contributed by atoms with Crippen LogP contribution in [0.15, 0.2) is 76.6 Å². The number of nitrogens with one attached hydrogen (secondary N) is 1. The summed E-state index contributed by atoms with van der Waals surface area (Å²) < 4.78 is 16.9. The molecule has 6 nitrogen and oxygen atoms in total. The summed E-state index contributed by atoms with van der Waals surface area (Å²) in [5, 5.41) is 3.70. The van der Waals surface area contributed by atoms with Crippen LogP contribution in [0.4, 0.5) is 5.69 Å². The van der Waals surface area contributed by atoms with E-state index in [0.717, 1.165) is 16.9 Å². The fourth-order valence-corrected chi connectivity index (χ4v) is 4.33. The number of methoxy groups -OCH3 is 1. The number of carbonyl (C=O) groups excluding carboxylic acids is 1. The van der Waals surface area contributed by atoms with Crippen LogP contribution in [0.1, 0.15) is 18.1 Å². The second-order valence-electron chi connectivity index (χ2n) is 7.22. The van der Waals surface area contributed by atoms with Crippen molar-refractivity contribution < 1.29 is 19.0 Å². The minimum absolute atomic E-state index is 0.226. The molecule has 0 unspecified atom stereocenters. The lowest BCUT2D eigenvalue weighted by atomic mass is 10.1. The highest BCUT2D eigenvalue weighted by atomic mass is 35.5. The molecule has 4 rings (SSSR count). The second kappa shape index (κ2) is 11.1. The third-order valence-electron chi connectivity index (χ3n) is 4.81. The maximum Gasteiger partial charge on any atom is 0.264 e. The number of nitrogens with zero attached hydrogens (tertiary/aromatic N) is 1. The van der Waals surface area contributed by atoms with E-state index in [0.29, 0.717) is 45.5 Å². The SMILES string of the molecule is CCOc1cc(/C=C2\SC(=Nc3ccc(OC)cc3)NC2=O)cc(Cl)c1OCc1ccccc1. The summed E-state index contributed by atoms with van der Waals surface area (Å²) in [6, 6.07) is 20.7. The van der Waals surface area contributed by atoms with Crippen molar-refractivity contribution >= 4 is 46.2 Å². The van der Waals surface area contributed by atoms with Gasteiger partial charge in [0.05, 0.1) is 29.3 Å². The minimum Gasteiger partial charge on any atom is -0.497 e. The molecule has 34 heavy (non-hydrogen) atoms. The molecule has 0 aromatic heterocycles. The summed E-state index contributed by atoms with van der Waals surface area (Å²) in [6.07, 6.45) is 1.76. The van der Waals surface area contributed by atoms with Gasteiger partial charge < -0.3 is 19.5 Å². The Morgan fingerprint density at radius 1 is 1.06 bits per heavy atom. The first-order valence-corrected chi connectivity index (χ1v) is 11.8. The van der Waals surface area contributed by atoms with Crippen LogP contribution in [0.3, 0.4) is 0 Å². The molecule has 1 saturated heterocycles. The van der Waals surface area contributed by atoms with E-state index in [2.05, 4.69) is 10.3 Å². The third kappa shape index (κ3) is 5.92. The highest BCUT2D eigenvalue weighted by molar-refractivity contribution is 8.18. The van der Waals surface area contributed by atoms with Gasteiger partial charge in [0, 0.05) is 0 Å². The van der Waals surface area contributed by atoms with Crippen molar-refractivity contribution in [3.8, 4) is 17.2 Å². The zero-order valence-electron chi connectivity index (χ0n) is 18.7. The summed E-state index contributed by atoms with van der Waals surface area (Å²) in [5.41, 5.74) is 2.46. The number of halogens is 1. The molecule has 1 amide bonds. The summed E-state index contributed by atoms with van der Waals surface area (Å²) in [5.74, 6) is 1.51. The lowest BCUT2D eigenvalue weighted by molar-refractivity contribution is -0.115. The Balaban J connectivity index is 1.54. The van der Waals surface area contributed by atoms with Gasteiger partial charge in [-0.05, 0) is 72.3 Å². The maximum atomic E-state index is 12.5. The molecule has 1 fully saturated rings. The minimum atomic E-state index is -0.226. The van der Waals surface area contributed by atoms with E-state index in [-0.39, 0.29) is 5.91 Å². The Bertz CT molecular complexity index is 1230. The topological polar surface area (TPSA) is 69.2 Å². The average molecular weight is 495 g/mol. The van der Waals surface area contributed by atoms with E-state index in [1.807, 2.05) is 67.6 Å². The lowest BCUT2D eigenvalue weighted by Gasteiger charge is -2.14. The number of rotatable bonds is 8. The number of hydrogen-bond donors (Lipinski definition) is 1. The van der Waals surface area contributed by atoms with Crippen molar-refractivity contribution in [1.29, 1.82) is 0 Å². The van der Waals surface area contributed by atoms with Crippen LogP contribution in [0, 0.1) is 0 Å². The molecule has 0 bridgehead atoms. The largest absolute Gasteiger partial charge is 0.497 e. The predicted octanol–water partition coefficient (Wildman–Crippen LogP) is 6.22. The van der Waals surface area contributed by atoms with Gasteiger partial charge in [0.15, 0.2) is 16.7 Å². The Labute approximate surface area is 207 Å². The van der Waals surface area contributed by atoms with Crippen molar-refractivity contribution in [1.82, 2.24) is 5.32 Å². The summed E-state index contributed by atoms with van der Waals surface area (Å²) >= 11 is 7.80. The van der Waals surface area contributed by atoms with Crippen LogP contribution < -0.4 is 19.5 Å². The van der Waals surface area contributed by atoms with Gasteiger partial charge >= 0.3 is 0 Å². The van der Waals surface area contributed by atoms with Crippen LogP contribution in [0.25, 0.3) is 6.08 Å². The third-order valence-corrected chi connectivity index (χ3v) is 6.00. The molecule has 0 spiro atoms. The molecule has 1 heterocycles. The van der Waals surface area contributed by atoms with Crippen LogP contribution >= 0.6 is 23.4 Å². The van der Waals surface area contributed by atoms with Gasteiger partial charge in [-0.3, -0.25) is 4.79 Å². The van der Waals surface area contributed by atoms with Crippen LogP contribution in [0.5, 0.6) is 17.2 Å². The number of aliphatic imine (C=N–C) groups is 1. The smallest absolute Gasteiger partial charge is 0.264 e. The Hall–Kier alpha value is -3.42. The standard InChI is InChI=1S/C26H23ClN2O4S/c1-3-32-22-14-18(13-21(27)24(22)33-16-17-7-5-4-6-8-17)15-23-25(30)29-26(34-23)28-19-9-11-20(31-2)12-10-19/h4-15H,3,16H2,1-2H3,(H,28,29,30)/b23-15-. The summed E-state index contributed by atoms with van der Waals surface area (Å²) in [6.45, 7) is 2.71. The van der Waals surface area contributed by atoms with E-state index >= 15 is 0 Å². The van der Waals surface area contributed by atoms with Crippen LogP contribution in [0.2, 0.25) is 5.02 Å². The highest BCUT2D eigenvalue weighted by Gasteiger charge is 2.24. The molecule has 3 aromatic rings. The molecule has 8 heteroatoms. The first-order valence-electron chi connectivity index (χ1n) is 10.6. The number of amidine groups is 1. The Kier molecular flexibility index (Phi) is 7.77. The molecular formula is C26H23ClN2O4S. The van der Waals surface area contributed by atoms with Crippen molar-refractivity contribution in [2.45, 2.75) is 13.5 Å². The molecule has 0 radical (unpaired) electrons. The monoisotopic (exact) mass is 494 g/mol. The quantitative estimate of drug-likeness (QED) is 0.376. The maximum absolute atomic E-state index is 12.5. The van der Waals surface area contributed by atoms with Crippen LogP contribution in [-0.4, -0.2) is 24.8 Å². The number of thioether (sulfide) groups is 1. The molecule has 0 atom stereocenters. The number of amides is 1. The van der Waals surface area contributed by atoms with Gasteiger partial charge in [0.1, 0.15) is 12.4 Å². The fraction of sp³-hybridized carbons (Fsp3) is 0.154. The van der Waals surface area contributed by atoms with Crippen LogP contribution in [-0.2, 0) is 11.4 Å². The predicted molar refractivity (Wildman–Crippen MR) is 137 cm³/mol. The molecule has 0 saturated carbocycles. The van der Waals surface area contributed by atoms with Gasteiger partial charge in [-0.2, -0.15) is 0 Å². The van der Waals surface area contributed by atoms with Crippen molar-refractivity contribution in [2.75, 3.05) is 13.7 Å². The van der Waals surface area contributed by atoms with Gasteiger partial charge in [0.25, 0.3) is 5.91 Å². The number of ether oxygens (including phenoxy) is 3. The van der Waals surface area contributed by atoms with E-state index < -0.39 is 0 Å². The summed E-state index contributed by atoms with van der Waals surface area (Å²) in [4.78, 5) is 17.5. The Morgan fingerprint density at radius 2 is 1.82 bits per heavy atom. The zero-order valence-corrected chi connectivity index (χ0v) is 20.3. The average Bonchev–Trinajstić information content (AvgIpc) is 3.18. The Morgan fingerprint density at radius 3 is 2.53 bits per heavy atom.